The molecular formula is C10H15Cl. The zero-order chi connectivity index (χ0) is 8.53. The summed E-state index contributed by atoms with van der Waals surface area (Å²) in [6.45, 7) is 5.68. The number of unbranched alkanes of at least 4 members (excludes halogenated alkanes) is 4. The first-order valence-corrected chi connectivity index (χ1v) is 4.48. The highest BCUT2D eigenvalue weighted by Crippen LogP contribution is 2.01. The van der Waals surface area contributed by atoms with E-state index in [4.69, 9.17) is 11.6 Å². The summed E-state index contributed by atoms with van der Waals surface area (Å²) in [6.07, 6.45) is 6.00. The highest BCUT2D eigenvalue weighted by molar-refractivity contribution is 6.31. The van der Waals surface area contributed by atoms with Gasteiger partial charge < -0.3 is 0 Å². The first-order valence-electron chi connectivity index (χ1n) is 4.10. The highest BCUT2D eigenvalue weighted by atomic mass is 35.5. The van der Waals surface area contributed by atoms with Gasteiger partial charge in [-0.15, -0.1) is 0 Å². The lowest BCUT2D eigenvalue weighted by Gasteiger charge is -1.91. The molecule has 0 aliphatic heterocycles. The van der Waals surface area contributed by atoms with Gasteiger partial charge in [0.1, 0.15) is 0 Å². The van der Waals surface area contributed by atoms with E-state index in [-0.39, 0.29) is 0 Å². The second-order valence-electron chi connectivity index (χ2n) is 2.52. The molecular weight excluding hydrogens is 156 g/mol. The van der Waals surface area contributed by atoms with Gasteiger partial charge >= 0.3 is 0 Å². The normalized spacial score (nSPS) is 8.55. The van der Waals surface area contributed by atoms with Crippen molar-refractivity contribution in [1.82, 2.24) is 0 Å². The van der Waals surface area contributed by atoms with Gasteiger partial charge in [-0.1, -0.05) is 56.2 Å². The summed E-state index contributed by atoms with van der Waals surface area (Å²) in [5, 5.41) is 0.445. The van der Waals surface area contributed by atoms with Crippen molar-refractivity contribution < 1.29 is 0 Å². The van der Waals surface area contributed by atoms with Crippen LogP contribution < -0.4 is 0 Å². The molecule has 0 aliphatic rings. The Kier molecular flexibility index (Phi) is 7.41. The Hall–Kier alpha value is -0.410. The molecule has 0 aromatic rings. The Bertz CT molecular complexity index is 159. The monoisotopic (exact) mass is 170 g/mol. The third-order valence-corrected chi connectivity index (χ3v) is 1.47. The lowest BCUT2D eigenvalue weighted by molar-refractivity contribution is 0.679. The van der Waals surface area contributed by atoms with Crippen molar-refractivity contribution in [3.05, 3.63) is 11.6 Å². The minimum Gasteiger partial charge on any atom is -0.0970 e. The fourth-order valence-electron chi connectivity index (χ4n) is 0.799. The maximum atomic E-state index is 5.45. The quantitative estimate of drug-likeness (QED) is 0.446. The van der Waals surface area contributed by atoms with Crippen molar-refractivity contribution in [2.45, 2.75) is 39.0 Å². The van der Waals surface area contributed by atoms with E-state index in [2.05, 4.69) is 25.3 Å². The average Bonchev–Trinajstić information content (AvgIpc) is 1.96. The van der Waals surface area contributed by atoms with E-state index >= 15 is 0 Å². The molecule has 62 valence electrons. The number of halogens is 1. The molecule has 0 saturated heterocycles. The standard InChI is InChI=1S/C10H15Cl/c1-3-4-5-6-7-8-9-10(2)11/h2-7H2,1H3. The predicted octanol–water partition coefficient (Wildman–Crippen LogP) is 3.71. The van der Waals surface area contributed by atoms with Crippen LogP contribution in [0.25, 0.3) is 0 Å². The molecule has 0 aliphatic carbocycles. The average molecular weight is 171 g/mol. The van der Waals surface area contributed by atoms with E-state index in [1.807, 2.05) is 0 Å². The van der Waals surface area contributed by atoms with E-state index in [0.29, 0.717) is 5.03 Å². The Labute approximate surface area is 74.6 Å². The van der Waals surface area contributed by atoms with E-state index in [0.717, 1.165) is 6.42 Å². The van der Waals surface area contributed by atoms with Crippen LogP contribution in [-0.2, 0) is 0 Å². The molecule has 0 spiro atoms. The van der Waals surface area contributed by atoms with Gasteiger partial charge in [-0.2, -0.15) is 0 Å². The van der Waals surface area contributed by atoms with Crippen LogP contribution in [0.4, 0.5) is 0 Å². The third kappa shape index (κ3) is 9.59. The smallest absolute Gasteiger partial charge is 0.0832 e. The van der Waals surface area contributed by atoms with Crippen molar-refractivity contribution in [3.63, 3.8) is 0 Å². The van der Waals surface area contributed by atoms with Gasteiger partial charge in [-0.3, -0.25) is 0 Å². The second kappa shape index (κ2) is 7.69. The maximum absolute atomic E-state index is 5.45. The van der Waals surface area contributed by atoms with Gasteiger partial charge in [-0.05, 0) is 6.42 Å². The van der Waals surface area contributed by atoms with Gasteiger partial charge in [0.25, 0.3) is 0 Å². The molecule has 0 aromatic carbocycles. The van der Waals surface area contributed by atoms with Crippen LogP contribution in [0, 0.1) is 11.8 Å². The molecule has 0 atom stereocenters. The summed E-state index contributed by atoms with van der Waals surface area (Å²) < 4.78 is 0. The number of hydrogen-bond acceptors (Lipinski definition) is 0. The Morgan fingerprint density at radius 3 is 2.64 bits per heavy atom. The number of allylic oxidation sites excluding steroid dienone is 1. The Morgan fingerprint density at radius 2 is 2.09 bits per heavy atom. The van der Waals surface area contributed by atoms with E-state index < -0.39 is 0 Å². The van der Waals surface area contributed by atoms with Gasteiger partial charge in [0.2, 0.25) is 0 Å². The largest absolute Gasteiger partial charge is 0.0970 e. The lowest BCUT2D eigenvalue weighted by Crippen LogP contribution is -1.73. The first kappa shape index (κ1) is 10.6. The van der Waals surface area contributed by atoms with Gasteiger partial charge in [0, 0.05) is 6.42 Å². The minimum atomic E-state index is 0.445. The van der Waals surface area contributed by atoms with Crippen LogP contribution in [0.2, 0.25) is 0 Å². The molecule has 1 heteroatoms. The topological polar surface area (TPSA) is 0 Å². The molecule has 0 N–H and O–H groups in total. The Morgan fingerprint density at radius 1 is 1.36 bits per heavy atom. The maximum Gasteiger partial charge on any atom is 0.0832 e. The molecule has 0 fully saturated rings. The molecule has 0 rings (SSSR count). The van der Waals surface area contributed by atoms with Crippen molar-refractivity contribution in [1.29, 1.82) is 0 Å². The van der Waals surface area contributed by atoms with Crippen molar-refractivity contribution in [3.8, 4) is 11.8 Å². The Balaban J connectivity index is 3.15. The molecule has 0 saturated carbocycles. The van der Waals surface area contributed by atoms with Crippen molar-refractivity contribution in [2.24, 2.45) is 0 Å². The first-order chi connectivity index (χ1) is 5.27. The fraction of sp³-hybridized carbons (Fsp3) is 0.600. The van der Waals surface area contributed by atoms with E-state index in [1.165, 1.54) is 25.7 Å². The predicted molar refractivity (Wildman–Crippen MR) is 51.5 cm³/mol. The molecule has 0 radical (unpaired) electrons. The van der Waals surface area contributed by atoms with Gasteiger partial charge in [0.15, 0.2) is 0 Å². The molecule has 0 aromatic heterocycles. The van der Waals surface area contributed by atoms with Crippen LogP contribution in [0.15, 0.2) is 11.6 Å². The number of rotatable bonds is 4. The number of hydrogen-bond donors (Lipinski definition) is 0. The minimum absolute atomic E-state index is 0.445. The summed E-state index contributed by atoms with van der Waals surface area (Å²) >= 11 is 5.45. The zero-order valence-corrected chi connectivity index (χ0v) is 7.88. The highest BCUT2D eigenvalue weighted by Gasteiger charge is 1.83. The second-order valence-corrected chi connectivity index (χ2v) is 2.97. The summed E-state index contributed by atoms with van der Waals surface area (Å²) in [6, 6.07) is 0. The van der Waals surface area contributed by atoms with Crippen LogP contribution in [0.3, 0.4) is 0 Å². The molecule has 0 amide bonds. The van der Waals surface area contributed by atoms with Crippen LogP contribution in [0.5, 0.6) is 0 Å². The summed E-state index contributed by atoms with van der Waals surface area (Å²) in [4.78, 5) is 0. The van der Waals surface area contributed by atoms with Gasteiger partial charge in [0.05, 0.1) is 5.03 Å². The summed E-state index contributed by atoms with van der Waals surface area (Å²) in [7, 11) is 0. The summed E-state index contributed by atoms with van der Waals surface area (Å²) in [5.41, 5.74) is 0. The van der Waals surface area contributed by atoms with E-state index in [9.17, 15) is 0 Å². The molecule has 11 heavy (non-hydrogen) atoms. The lowest BCUT2D eigenvalue weighted by atomic mass is 10.2. The van der Waals surface area contributed by atoms with Crippen LogP contribution in [0.1, 0.15) is 39.0 Å². The van der Waals surface area contributed by atoms with Gasteiger partial charge in [-0.25, -0.2) is 0 Å². The van der Waals surface area contributed by atoms with Crippen LogP contribution in [-0.4, -0.2) is 0 Å². The molecule has 0 bridgehead atoms. The van der Waals surface area contributed by atoms with Crippen molar-refractivity contribution >= 4 is 11.6 Å². The molecule has 0 unspecified atom stereocenters. The third-order valence-electron chi connectivity index (χ3n) is 1.38. The SMILES string of the molecule is C=C(Cl)C#CCCCCCC. The van der Waals surface area contributed by atoms with E-state index in [1.54, 1.807) is 0 Å². The van der Waals surface area contributed by atoms with Crippen LogP contribution >= 0.6 is 11.6 Å². The zero-order valence-electron chi connectivity index (χ0n) is 7.12. The molecule has 0 heterocycles. The summed E-state index contributed by atoms with van der Waals surface area (Å²) in [5.74, 6) is 5.71. The molecule has 0 nitrogen and oxygen atoms in total. The van der Waals surface area contributed by atoms with Crippen molar-refractivity contribution in [2.75, 3.05) is 0 Å². The fourth-order valence-corrected chi connectivity index (χ4v) is 0.865.